The van der Waals surface area contributed by atoms with Crippen molar-refractivity contribution in [2.24, 2.45) is 0 Å². The van der Waals surface area contributed by atoms with Crippen molar-refractivity contribution in [3.05, 3.63) is 30.1 Å². The first-order valence-corrected chi connectivity index (χ1v) is 8.42. The van der Waals surface area contributed by atoms with Crippen LogP contribution in [0.2, 0.25) is 0 Å². The van der Waals surface area contributed by atoms with Crippen LogP contribution in [0.5, 0.6) is 11.5 Å². The van der Waals surface area contributed by atoms with Gasteiger partial charge in [0.05, 0.1) is 19.9 Å². The molecule has 1 aliphatic rings. The summed E-state index contributed by atoms with van der Waals surface area (Å²) in [5, 5.41) is 3.29. The second kappa shape index (κ2) is 7.90. The van der Waals surface area contributed by atoms with E-state index < -0.39 is 0 Å². The number of carbonyl (C=O) groups excluding carboxylic acids is 1. The minimum Gasteiger partial charge on any atom is -0.497 e. The highest BCUT2D eigenvalue weighted by molar-refractivity contribution is 5.67. The Morgan fingerprint density at radius 3 is 2.50 bits per heavy atom. The molecule has 2 heterocycles. The quantitative estimate of drug-likeness (QED) is 0.790. The van der Waals surface area contributed by atoms with E-state index in [0.717, 1.165) is 36.8 Å². The summed E-state index contributed by atoms with van der Waals surface area (Å²) in [5.74, 6) is 3.60. The molecule has 0 saturated carbocycles. The van der Waals surface area contributed by atoms with Crippen LogP contribution in [0, 0.1) is 6.92 Å². The fraction of sp³-hybridized carbons (Fsp3) is 0.389. The monoisotopic (exact) mass is 357 g/mol. The molecular weight excluding hydrogens is 334 g/mol. The number of methoxy groups -OCH3 is 2. The summed E-state index contributed by atoms with van der Waals surface area (Å²) in [4.78, 5) is 23.8. The van der Waals surface area contributed by atoms with Gasteiger partial charge in [0.25, 0.3) is 0 Å². The lowest BCUT2D eigenvalue weighted by Crippen LogP contribution is -2.46. The third-order valence-corrected chi connectivity index (χ3v) is 4.28. The van der Waals surface area contributed by atoms with Gasteiger partial charge in [-0.05, 0) is 19.1 Å². The molecule has 1 aromatic carbocycles. The number of rotatable bonds is 6. The molecular formula is C18H23N5O3. The van der Waals surface area contributed by atoms with Gasteiger partial charge in [-0.15, -0.1) is 0 Å². The van der Waals surface area contributed by atoms with E-state index in [0.29, 0.717) is 30.5 Å². The maximum Gasteiger partial charge on any atom is 0.209 e. The first-order chi connectivity index (χ1) is 12.6. The van der Waals surface area contributed by atoms with Gasteiger partial charge in [0.15, 0.2) is 0 Å². The van der Waals surface area contributed by atoms with E-state index >= 15 is 0 Å². The summed E-state index contributed by atoms with van der Waals surface area (Å²) in [5.41, 5.74) is 0.795. The van der Waals surface area contributed by atoms with Gasteiger partial charge < -0.3 is 24.6 Å². The van der Waals surface area contributed by atoms with Crippen molar-refractivity contribution >= 4 is 23.7 Å². The first-order valence-electron chi connectivity index (χ1n) is 8.42. The molecule has 26 heavy (non-hydrogen) atoms. The molecule has 0 aliphatic carbocycles. The number of piperazine rings is 1. The number of benzene rings is 1. The number of nitrogens with zero attached hydrogens (tertiary/aromatic N) is 4. The van der Waals surface area contributed by atoms with Crippen molar-refractivity contribution in [1.29, 1.82) is 0 Å². The summed E-state index contributed by atoms with van der Waals surface area (Å²) in [6, 6.07) is 7.47. The Labute approximate surface area is 152 Å². The number of amides is 1. The topological polar surface area (TPSA) is 79.8 Å². The lowest BCUT2D eigenvalue weighted by atomic mass is 10.2. The summed E-state index contributed by atoms with van der Waals surface area (Å²) in [6.45, 7) is 4.76. The van der Waals surface area contributed by atoms with Gasteiger partial charge in [-0.25, -0.2) is 9.97 Å². The van der Waals surface area contributed by atoms with Crippen LogP contribution < -0.4 is 19.7 Å². The third kappa shape index (κ3) is 3.96. The van der Waals surface area contributed by atoms with Crippen molar-refractivity contribution in [2.45, 2.75) is 6.92 Å². The van der Waals surface area contributed by atoms with Crippen LogP contribution in [0.25, 0.3) is 0 Å². The second-order valence-corrected chi connectivity index (χ2v) is 5.98. The van der Waals surface area contributed by atoms with E-state index in [-0.39, 0.29) is 0 Å². The molecule has 0 spiro atoms. The number of ether oxygens (including phenoxy) is 2. The molecule has 8 heteroatoms. The summed E-state index contributed by atoms with van der Waals surface area (Å²) in [6.07, 6.45) is 0.894. The fourth-order valence-corrected chi connectivity index (χ4v) is 2.87. The first kappa shape index (κ1) is 17.8. The Kier molecular flexibility index (Phi) is 5.40. The SMILES string of the molecule is COc1ccc(Nc2cc(N3CCN(C=O)CC3)nc(C)n2)c(OC)c1. The summed E-state index contributed by atoms with van der Waals surface area (Å²) < 4.78 is 10.7. The number of nitrogens with one attached hydrogen (secondary N) is 1. The largest absolute Gasteiger partial charge is 0.497 e. The van der Waals surface area contributed by atoms with Gasteiger partial charge >= 0.3 is 0 Å². The number of carbonyl (C=O) groups is 1. The summed E-state index contributed by atoms with van der Waals surface area (Å²) in [7, 11) is 3.23. The highest BCUT2D eigenvalue weighted by Gasteiger charge is 2.18. The molecule has 0 atom stereocenters. The van der Waals surface area contributed by atoms with Gasteiger partial charge in [0.1, 0.15) is 29.0 Å². The molecule has 1 aliphatic heterocycles. The van der Waals surface area contributed by atoms with Crippen molar-refractivity contribution < 1.29 is 14.3 Å². The molecule has 3 rings (SSSR count). The Balaban J connectivity index is 1.81. The van der Waals surface area contributed by atoms with Crippen LogP contribution in [0.1, 0.15) is 5.82 Å². The predicted molar refractivity (Wildman–Crippen MR) is 99.4 cm³/mol. The van der Waals surface area contributed by atoms with Crippen LogP contribution >= 0.6 is 0 Å². The van der Waals surface area contributed by atoms with E-state index in [2.05, 4.69) is 20.2 Å². The second-order valence-electron chi connectivity index (χ2n) is 5.98. The van der Waals surface area contributed by atoms with E-state index in [4.69, 9.17) is 9.47 Å². The predicted octanol–water partition coefficient (Wildman–Crippen LogP) is 1.82. The third-order valence-electron chi connectivity index (χ3n) is 4.28. The van der Waals surface area contributed by atoms with E-state index in [1.54, 1.807) is 19.1 Å². The Hall–Kier alpha value is -3.03. The molecule has 0 unspecified atom stereocenters. The minimum absolute atomic E-state index is 0.668. The van der Waals surface area contributed by atoms with E-state index in [1.165, 1.54) is 0 Å². The maximum absolute atomic E-state index is 10.9. The zero-order chi connectivity index (χ0) is 18.5. The molecule has 0 radical (unpaired) electrons. The van der Waals surface area contributed by atoms with E-state index in [1.807, 2.05) is 31.2 Å². The number of hydrogen-bond acceptors (Lipinski definition) is 7. The molecule has 1 N–H and O–H groups in total. The van der Waals surface area contributed by atoms with Gasteiger partial charge in [-0.2, -0.15) is 0 Å². The van der Waals surface area contributed by atoms with Crippen LogP contribution in [0.4, 0.5) is 17.3 Å². The van der Waals surface area contributed by atoms with Crippen molar-refractivity contribution in [1.82, 2.24) is 14.9 Å². The van der Waals surface area contributed by atoms with Gasteiger partial charge in [-0.1, -0.05) is 0 Å². The molecule has 1 fully saturated rings. The molecule has 0 bridgehead atoms. The van der Waals surface area contributed by atoms with Gasteiger partial charge in [0, 0.05) is 38.3 Å². The average molecular weight is 357 g/mol. The smallest absolute Gasteiger partial charge is 0.209 e. The number of aromatic nitrogens is 2. The Bertz CT molecular complexity index is 775. The molecule has 1 saturated heterocycles. The highest BCUT2D eigenvalue weighted by atomic mass is 16.5. The minimum atomic E-state index is 0.668. The fourth-order valence-electron chi connectivity index (χ4n) is 2.87. The normalized spacial score (nSPS) is 14.1. The number of hydrogen-bond donors (Lipinski definition) is 1. The lowest BCUT2D eigenvalue weighted by molar-refractivity contribution is -0.118. The van der Waals surface area contributed by atoms with Crippen molar-refractivity contribution in [3.63, 3.8) is 0 Å². The Morgan fingerprint density at radius 2 is 1.85 bits per heavy atom. The van der Waals surface area contributed by atoms with Crippen molar-refractivity contribution in [3.8, 4) is 11.5 Å². The Morgan fingerprint density at radius 1 is 1.08 bits per heavy atom. The van der Waals surface area contributed by atoms with E-state index in [9.17, 15) is 4.79 Å². The van der Waals surface area contributed by atoms with Crippen LogP contribution in [0.3, 0.4) is 0 Å². The number of anilines is 3. The van der Waals surface area contributed by atoms with Crippen LogP contribution in [-0.2, 0) is 4.79 Å². The molecule has 138 valence electrons. The zero-order valence-electron chi connectivity index (χ0n) is 15.2. The molecule has 8 nitrogen and oxygen atoms in total. The van der Waals surface area contributed by atoms with Crippen molar-refractivity contribution in [2.75, 3.05) is 50.6 Å². The standard InChI is InChI=1S/C18H23N5O3/c1-13-19-17(21-15-5-4-14(25-2)10-16(15)26-3)11-18(20-13)23-8-6-22(12-24)7-9-23/h4-5,10-12H,6-9H2,1-3H3,(H,19,20,21). The van der Waals surface area contributed by atoms with Crippen LogP contribution in [-0.4, -0.2) is 61.7 Å². The zero-order valence-corrected chi connectivity index (χ0v) is 15.2. The molecule has 2 aromatic rings. The van der Waals surface area contributed by atoms with Gasteiger partial charge in [-0.3, -0.25) is 4.79 Å². The lowest BCUT2D eigenvalue weighted by Gasteiger charge is -2.33. The molecule has 1 amide bonds. The van der Waals surface area contributed by atoms with Crippen LogP contribution in [0.15, 0.2) is 24.3 Å². The summed E-state index contributed by atoms with van der Waals surface area (Å²) >= 11 is 0. The highest BCUT2D eigenvalue weighted by Crippen LogP contribution is 2.31. The van der Waals surface area contributed by atoms with Gasteiger partial charge in [0.2, 0.25) is 6.41 Å². The maximum atomic E-state index is 10.9. The number of aryl methyl sites for hydroxylation is 1. The average Bonchev–Trinajstić information content (AvgIpc) is 2.68. The molecule has 1 aromatic heterocycles.